The fourth-order valence-corrected chi connectivity index (χ4v) is 61.7. The van der Waals surface area contributed by atoms with Gasteiger partial charge >= 0.3 is 368 Å². The van der Waals surface area contributed by atoms with Gasteiger partial charge in [0.2, 0.25) is 0 Å². The Morgan fingerprint density at radius 3 is 1.15 bits per heavy atom. The summed E-state index contributed by atoms with van der Waals surface area (Å²) in [6, 6.07) is 27.9. The summed E-state index contributed by atoms with van der Waals surface area (Å²) in [7, 11) is 14.6. The van der Waals surface area contributed by atoms with E-state index < -0.39 is 16.3 Å². The molecule has 0 unspecified atom stereocenters. The first kappa shape index (κ1) is 42.1. The molecule has 1 heterocycles. The fraction of sp³-hybridized carbons (Fsp3) is 0.509. The van der Waals surface area contributed by atoms with Gasteiger partial charge in [0, 0.05) is 0 Å². The van der Waals surface area contributed by atoms with Crippen molar-refractivity contribution < 1.29 is 10.7 Å². The molecule has 59 heavy (non-hydrogen) atoms. The van der Waals surface area contributed by atoms with Gasteiger partial charge in [-0.2, -0.15) is 0 Å². The summed E-state index contributed by atoms with van der Waals surface area (Å²) < 4.78 is 4.59. The number of halogens is 2. The third-order valence-electron chi connectivity index (χ3n) is 15.4. The maximum absolute atomic E-state index is 9.89. The third kappa shape index (κ3) is 6.91. The molecule has 0 atom stereocenters. The second-order valence-electron chi connectivity index (χ2n) is 19.3. The number of hydrogen-bond donors (Lipinski definition) is 0. The van der Waals surface area contributed by atoms with Gasteiger partial charge < -0.3 is 0 Å². The van der Waals surface area contributed by atoms with Gasteiger partial charge in [0.05, 0.1) is 0 Å². The van der Waals surface area contributed by atoms with E-state index in [-0.39, 0.29) is 4.76 Å². The van der Waals surface area contributed by atoms with Gasteiger partial charge in [-0.1, -0.05) is 0 Å². The van der Waals surface area contributed by atoms with Gasteiger partial charge in [0.1, 0.15) is 0 Å². The van der Waals surface area contributed by atoms with Gasteiger partial charge in [-0.25, -0.2) is 0 Å². The van der Waals surface area contributed by atoms with Crippen LogP contribution in [0.4, 0.5) is 11.4 Å². The second-order valence-corrected chi connectivity index (χ2v) is 47.4. The molecular weight excluding hydrogens is 868 g/mol. The van der Waals surface area contributed by atoms with E-state index in [0.717, 1.165) is 13.1 Å². The van der Waals surface area contributed by atoms with E-state index in [1.54, 1.807) is 0 Å². The molecule has 4 aromatic rings. The summed E-state index contributed by atoms with van der Waals surface area (Å²) in [5.74, 6) is 0. The van der Waals surface area contributed by atoms with Crippen LogP contribution in [0.15, 0.2) is 72.8 Å². The zero-order valence-electron chi connectivity index (χ0n) is 36.8. The molecule has 1 saturated heterocycles. The Kier molecular flexibility index (Phi) is 11.7. The van der Waals surface area contributed by atoms with Crippen molar-refractivity contribution in [3.63, 3.8) is 0 Å². The van der Waals surface area contributed by atoms with Crippen molar-refractivity contribution in [2.75, 3.05) is 22.9 Å². The molecular formula is C53H69Cl2N2PRu. The summed E-state index contributed by atoms with van der Waals surface area (Å²) >= 11 is 0. The van der Waals surface area contributed by atoms with Crippen LogP contribution in [0, 0.1) is 41.5 Å². The number of aryl methyl sites for hydroxylation is 6. The predicted molar refractivity (Wildman–Crippen MR) is 260 cm³/mol. The Labute approximate surface area is 365 Å². The van der Waals surface area contributed by atoms with Crippen LogP contribution in [-0.4, -0.2) is 39.1 Å². The number of anilines is 2. The van der Waals surface area contributed by atoms with Crippen LogP contribution >= 0.6 is 25.0 Å². The molecule has 9 rings (SSSR count). The van der Waals surface area contributed by atoms with E-state index in [9.17, 15) is 19.4 Å². The van der Waals surface area contributed by atoms with Crippen molar-refractivity contribution in [2.24, 2.45) is 0 Å². The molecule has 0 spiro atoms. The second kappa shape index (κ2) is 16.5. The van der Waals surface area contributed by atoms with Crippen LogP contribution in [0.25, 0.3) is 16.7 Å². The summed E-state index contributed by atoms with van der Waals surface area (Å²) in [6.07, 6.45) is 19.8. The van der Waals surface area contributed by atoms with Crippen LogP contribution < -0.4 is 9.80 Å². The quantitative estimate of drug-likeness (QED) is 0.119. The molecule has 0 N–H and O–H groups in total. The van der Waals surface area contributed by atoms with E-state index >= 15 is 0 Å². The zero-order chi connectivity index (χ0) is 41.1. The number of benzene rings is 4. The van der Waals surface area contributed by atoms with Crippen molar-refractivity contribution in [3.8, 4) is 11.1 Å². The van der Waals surface area contributed by atoms with Gasteiger partial charge in [-0.05, 0) is 0 Å². The minimum atomic E-state index is -5.18. The first-order valence-electron chi connectivity index (χ1n) is 23.2. The monoisotopic (exact) mass is 936 g/mol. The van der Waals surface area contributed by atoms with Crippen molar-refractivity contribution >= 4 is 46.2 Å². The predicted octanol–water partition coefficient (Wildman–Crippen LogP) is 15.3. The molecule has 0 aromatic heterocycles. The first-order chi connectivity index (χ1) is 28.4. The van der Waals surface area contributed by atoms with Gasteiger partial charge in [0.15, 0.2) is 0 Å². The summed E-state index contributed by atoms with van der Waals surface area (Å²) in [5, 5.41) is 0. The average Bonchev–Trinajstić information content (AvgIpc) is 3.79. The molecule has 2 nitrogen and oxygen atoms in total. The van der Waals surface area contributed by atoms with Crippen molar-refractivity contribution in [3.05, 3.63) is 117 Å². The number of hydrogen-bond acceptors (Lipinski definition) is 2. The minimum absolute atomic E-state index is 0.166. The Morgan fingerprint density at radius 2 is 0.814 bits per heavy atom. The standard InChI is InChI=1S/C21H27N2.C18H33P.C14H8.2ClH.Ru/c1-14-9-16(3)20(17(4)10-14)22-7-8-23(13-22)21-18(5)11-15(2)12-19(21)6;1-4-10-16(11-5-1)19(17-12-6-2-7-13-17)18-14-8-3-9-15-18;1-10-11-6-2-4-8-13(11)14-9-5-3-7-12(10)14;;;/h9-13H,7-8H2,1-6H3;16-18H,1-15H2;2-9H;2*1H;/q;;;;;+1/p-1. The Morgan fingerprint density at radius 1 is 0.492 bits per heavy atom. The van der Waals surface area contributed by atoms with E-state index in [0.29, 0.717) is 17.0 Å². The van der Waals surface area contributed by atoms with E-state index in [2.05, 4.69) is 124 Å². The Hall–Kier alpha value is -2.24. The van der Waals surface area contributed by atoms with E-state index in [4.69, 9.17) is 4.26 Å². The molecule has 6 heteroatoms. The molecule has 1 aliphatic heterocycles. The third-order valence-corrected chi connectivity index (χ3v) is 52.8. The van der Waals surface area contributed by atoms with Crippen LogP contribution in [-0.2, 0) is 10.7 Å². The summed E-state index contributed by atoms with van der Waals surface area (Å²) in [4.78, 5) is 5.65. The van der Waals surface area contributed by atoms with Gasteiger partial charge in [0.25, 0.3) is 0 Å². The number of fused-ring (bicyclic) bond motifs is 3. The van der Waals surface area contributed by atoms with Crippen LogP contribution in [0.5, 0.6) is 0 Å². The Bertz CT molecular complexity index is 2150. The average molecular weight is 937 g/mol. The normalized spacial score (nSPS) is 20.9. The zero-order valence-corrected chi connectivity index (χ0v) is 41.0. The number of rotatable bonds is 7. The fourth-order valence-electron chi connectivity index (χ4n) is 13.6. The molecule has 3 saturated carbocycles. The van der Waals surface area contributed by atoms with Crippen LogP contribution in [0.1, 0.15) is 141 Å². The SMILES string of the molecule is Cc1cc(C)c(N2CCN(c3c(C)cc(C)cc3C)[CH]2[Ru]([Cl])([Cl])(=[C]=C2c3ccccc3-c3ccccc32)[PH](C2CCCCC2)(C2CCCCC2)C2CCCCC2)c(C)c1. The Balaban J connectivity index is 1.51. The van der Waals surface area contributed by atoms with E-state index in [1.165, 1.54) is 169 Å². The molecule has 0 radical (unpaired) electrons. The van der Waals surface area contributed by atoms with Gasteiger partial charge in [-0.3, -0.25) is 0 Å². The molecule has 318 valence electrons. The molecule has 4 aromatic carbocycles. The van der Waals surface area contributed by atoms with Crippen LogP contribution in [0.3, 0.4) is 0 Å². The summed E-state index contributed by atoms with van der Waals surface area (Å²) in [5.41, 5.74) is 16.2. The van der Waals surface area contributed by atoms with E-state index in [1.807, 2.05) is 0 Å². The van der Waals surface area contributed by atoms with Crippen molar-refractivity contribution in [1.29, 1.82) is 0 Å². The molecule has 4 fully saturated rings. The molecule has 4 aliphatic carbocycles. The number of nitrogens with zero attached hydrogens (tertiary/aromatic N) is 2. The first-order valence-corrected chi connectivity index (χ1v) is 34.2. The molecule has 0 amide bonds. The topological polar surface area (TPSA) is 6.48 Å². The summed E-state index contributed by atoms with van der Waals surface area (Å²) in [6.45, 7) is 15.7. The van der Waals surface area contributed by atoms with Crippen LogP contribution in [0.2, 0.25) is 0 Å². The van der Waals surface area contributed by atoms with Crippen molar-refractivity contribution in [1.82, 2.24) is 0 Å². The molecule has 5 aliphatic rings. The maximum atomic E-state index is 9.89. The van der Waals surface area contributed by atoms with Crippen molar-refractivity contribution in [2.45, 2.75) is 160 Å². The van der Waals surface area contributed by atoms with Gasteiger partial charge in [-0.15, -0.1) is 0 Å². The molecule has 0 bridgehead atoms.